The average molecular weight is 311 g/mol. The summed E-state index contributed by atoms with van der Waals surface area (Å²) in [5, 5.41) is 10.2. The van der Waals surface area contributed by atoms with Crippen molar-refractivity contribution in [2.75, 3.05) is 49.3 Å². The number of hydrogen-bond donors (Lipinski definition) is 2. The quantitative estimate of drug-likeness (QED) is 0.792. The second-order valence-corrected chi connectivity index (χ2v) is 5.21. The second kappa shape index (κ2) is 5.71. The van der Waals surface area contributed by atoms with Gasteiger partial charge in [0.15, 0.2) is 0 Å². The Kier molecular flexibility index (Phi) is 3.90. The van der Waals surface area contributed by atoms with E-state index in [0.717, 1.165) is 0 Å². The third-order valence-electron chi connectivity index (χ3n) is 3.90. The number of carbonyl (C=O) groups is 1. The van der Waals surface area contributed by atoms with Crippen molar-refractivity contribution in [2.24, 2.45) is 5.73 Å². The summed E-state index contributed by atoms with van der Waals surface area (Å²) in [6.45, 7) is 2.73. The SMILES string of the molecule is NC(=O)[C@]1(O)OCCN1c1ccc(N2CCOCC2)c(F)c1. The standard InChI is InChI=1S/C14H18FN3O4/c15-11-9-10(18-5-8-22-14(18,20)13(16)19)1-2-12(11)17-3-6-21-7-4-17/h1-2,9,20H,3-8H2,(H2,16,19)/t14-/m0/s1. The predicted molar refractivity (Wildman–Crippen MR) is 76.9 cm³/mol. The number of halogens is 1. The molecule has 2 saturated heterocycles. The highest BCUT2D eigenvalue weighted by Crippen LogP contribution is 2.31. The van der Waals surface area contributed by atoms with Gasteiger partial charge in [-0.25, -0.2) is 4.39 Å². The first-order valence-electron chi connectivity index (χ1n) is 7.08. The fourth-order valence-electron chi connectivity index (χ4n) is 2.74. The van der Waals surface area contributed by atoms with Crippen LogP contribution >= 0.6 is 0 Å². The summed E-state index contributed by atoms with van der Waals surface area (Å²) < 4.78 is 24.7. The van der Waals surface area contributed by atoms with E-state index < -0.39 is 17.6 Å². The van der Waals surface area contributed by atoms with E-state index in [1.807, 2.05) is 4.90 Å². The lowest BCUT2D eigenvalue weighted by Crippen LogP contribution is -2.55. The molecule has 1 amide bonds. The molecule has 8 heteroatoms. The van der Waals surface area contributed by atoms with E-state index in [0.29, 0.717) is 37.7 Å². The molecule has 1 aromatic carbocycles. The highest BCUT2D eigenvalue weighted by Gasteiger charge is 2.47. The number of nitrogens with zero attached hydrogens (tertiary/aromatic N) is 2. The fourth-order valence-corrected chi connectivity index (χ4v) is 2.74. The van der Waals surface area contributed by atoms with Gasteiger partial charge in [-0.3, -0.25) is 4.79 Å². The van der Waals surface area contributed by atoms with Crippen molar-refractivity contribution in [3.63, 3.8) is 0 Å². The number of morpholine rings is 1. The summed E-state index contributed by atoms with van der Waals surface area (Å²) in [6.07, 6.45) is 0. The van der Waals surface area contributed by atoms with Crippen LogP contribution in [-0.4, -0.2) is 56.4 Å². The Bertz CT molecular complexity index is 579. The van der Waals surface area contributed by atoms with Crippen LogP contribution < -0.4 is 15.5 Å². The van der Waals surface area contributed by atoms with Crippen molar-refractivity contribution in [1.29, 1.82) is 0 Å². The number of nitrogens with two attached hydrogens (primary N) is 1. The third-order valence-corrected chi connectivity index (χ3v) is 3.90. The van der Waals surface area contributed by atoms with E-state index in [1.165, 1.54) is 11.0 Å². The molecule has 2 aliphatic rings. The summed E-state index contributed by atoms with van der Waals surface area (Å²) in [7, 11) is 0. The number of ether oxygens (including phenoxy) is 2. The number of carbonyl (C=O) groups excluding carboxylic acids is 1. The normalized spacial score (nSPS) is 25.5. The minimum atomic E-state index is -2.23. The van der Waals surface area contributed by atoms with Gasteiger partial charge in [-0.05, 0) is 18.2 Å². The van der Waals surface area contributed by atoms with E-state index in [2.05, 4.69) is 0 Å². The van der Waals surface area contributed by atoms with Gasteiger partial charge < -0.3 is 30.1 Å². The van der Waals surface area contributed by atoms with E-state index in [4.69, 9.17) is 15.2 Å². The Morgan fingerprint density at radius 2 is 2.00 bits per heavy atom. The molecule has 0 bridgehead atoms. The van der Waals surface area contributed by atoms with Crippen molar-refractivity contribution in [3.05, 3.63) is 24.0 Å². The van der Waals surface area contributed by atoms with E-state index in [1.54, 1.807) is 12.1 Å². The van der Waals surface area contributed by atoms with Crippen LogP contribution in [0.25, 0.3) is 0 Å². The number of amides is 1. The minimum Gasteiger partial charge on any atom is -0.378 e. The molecule has 2 aliphatic heterocycles. The average Bonchev–Trinajstić information content (AvgIpc) is 2.91. The summed E-state index contributed by atoms with van der Waals surface area (Å²) >= 11 is 0. The molecule has 7 nitrogen and oxygen atoms in total. The number of benzene rings is 1. The van der Waals surface area contributed by atoms with Crippen molar-refractivity contribution in [1.82, 2.24) is 0 Å². The predicted octanol–water partition coefficient (Wildman–Crippen LogP) is -0.370. The first kappa shape index (κ1) is 15.0. The third kappa shape index (κ3) is 2.49. The smallest absolute Gasteiger partial charge is 0.333 e. The molecule has 0 spiro atoms. The molecule has 0 saturated carbocycles. The molecule has 3 rings (SSSR count). The van der Waals surface area contributed by atoms with Gasteiger partial charge in [0, 0.05) is 25.3 Å². The lowest BCUT2D eigenvalue weighted by molar-refractivity contribution is -0.184. The topological polar surface area (TPSA) is 88.3 Å². The number of aliphatic hydroxyl groups is 1. The maximum absolute atomic E-state index is 14.4. The summed E-state index contributed by atoms with van der Waals surface area (Å²) in [5.41, 5.74) is 5.98. The first-order valence-corrected chi connectivity index (χ1v) is 7.08. The number of rotatable bonds is 3. The van der Waals surface area contributed by atoms with Crippen LogP contribution in [0.4, 0.5) is 15.8 Å². The van der Waals surface area contributed by atoms with Crippen LogP contribution in [0.15, 0.2) is 18.2 Å². The number of primary amides is 1. The number of hydrogen-bond acceptors (Lipinski definition) is 6. The van der Waals surface area contributed by atoms with Crippen molar-refractivity contribution in [3.8, 4) is 0 Å². The Hall–Kier alpha value is -1.90. The summed E-state index contributed by atoms with van der Waals surface area (Å²) in [6, 6.07) is 4.53. The van der Waals surface area contributed by atoms with Crippen molar-refractivity contribution in [2.45, 2.75) is 5.91 Å². The van der Waals surface area contributed by atoms with Gasteiger partial charge in [0.25, 0.3) is 0 Å². The molecule has 1 atom stereocenters. The highest BCUT2D eigenvalue weighted by molar-refractivity contribution is 5.85. The highest BCUT2D eigenvalue weighted by atomic mass is 19.1. The largest absolute Gasteiger partial charge is 0.378 e. The van der Waals surface area contributed by atoms with Gasteiger partial charge in [-0.2, -0.15) is 0 Å². The van der Waals surface area contributed by atoms with Crippen LogP contribution in [0.5, 0.6) is 0 Å². The summed E-state index contributed by atoms with van der Waals surface area (Å²) in [5.74, 6) is -3.69. The zero-order chi connectivity index (χ0) is 15.7. The Balaban J connectivity index is 1.87. The van der Waals surface area contributed by atoms with Gasteiger partial charge >= 0.3 is 11.8 Å². The molecule has 1 aromatic rings. The molecule has 120 valence electrons. The molecule has 0 aromatic heterocycles. The molecular formula is C14H18FN3O4. The van der Waals surface area contributed by atoms with Gasteiger partial charge in [0.1, 0.15) is 5.82 Å². The minimum absolute atomic E-state index is 0.131. The Morgan fingerprint density at radius 3 is 2.64 bits per heavy atom. The molecule has 2 fully saturated rings. The molecule has 0 unspecified atom stereocenters. The van der Waals surface area contributed by atoms with Crippen LogP contribution in [0.3, 0.4) is 0 Å². The summed E-state index contributed by atoms with van der Waals surface area (Å²) in [4.78, 5) is 14.5. The fraction of sp³-hybridized carbons (Fsp3) is 0.500. The van der Waals surface area contributed by atoms with E-state index in [-0.39, 0.29) is 13.2 Å². The van der Waals surface area contributed by atoms with Gasteiger partial charge in [0.2, 0.25) is 0 Å². The first-order chi connectivity index (χ1) is 10.5. The van der Waals surface area contributed by atoms with Gasteiger partial charge in [-0.1, -0.05) is 0 Å². The Labute approximate surface area is 127 Å². The van der Waals surface area contributed by atoms with E-state index in [9.17, 15) is 14.3 Å². The maximum atomic E-state index is 14.4. The van der Waals surface area contributed by atoms with Crippen LogP contribution in [0.2, 0.25) is 0 Å². The maximum Gasteiger partial charge on any atom is 0.333 e. The van der Waals surface area contributed by atoms with Gasteiger partial charge in [0.05, 0.1) is 25.5 Å². The molecule has 2 heterocycles. The second-order valence-electron chi connectivity index (χ2n) is 5.21. The van der Waals surface area contributed by atoms with Crippen molar-refractivity contribution < 1.29 is 23.8 Å². The molecular weight excluding hydrogens is 293 g/mol. The number of anilines is 2. The lowest BCUT2D eigenvalue weighted by Gasteiger charge is -2.32. The van der Waals surface area contributed by atoms with E-state index >= 15 is 0 Å². The van der Waals surface area contributed by atoms with Crippen molar-refractivity contribution >= 4 is 17.3 Å². The zero-order valence-corrected chi connectivity index (χ0v) is 12.0. The van der Waals surface area contributed by atoms with Gasteiger partial charge in [-0.15, -0.1) is 0 Å². The molecule has 0 aliphatic carbocycles. The molecule has 22 heavy (non-hydrogen) atoms. The molecule has 0 radical (unpaired) electrons. The lowest BCUT2D eigenvalue weighted by atomic mass is 10.2. The van der Waals surface area contributed by atoms with Crippen LogP contribution in [0.1, 0.15) is 0 Å². The monoisotopic (exact) mass is 311 g/mol. The Morgan fingerprint density at radius 1 is 1.27 bits per heavy atom. The zero-order valence-electron chi connectivity index (χ0n) is 12.0. The van der Waals surface area contributed by atoms with Crippen LogP contribution in [0, 0.1) is 5.82 Å². The van der Waals surface area contributed by atoms with Crippen LogP contribution in [-0.2, 0) is 14.3 Å². The molecule has 3 N–H and O–H groups in total.